The Morgan fingerprint density at radius 1 is 1.37 bits per heavy atom. The number of hydrogen-bond acceptors (Lipinski definition) is 4. The summed E-state index contributed by atoms with van der Waals surface area (Å²) in [6.07, 6.45) is 0. The molecule has 0 radical (unpaired) electrons. The maximum absolute atomic E-state index is 13.0. The van der Waals surface area contributed by atoms with Crippen molar-refractivity contribution in [1.82, 2.24) is 4.98 Å². The van der Waals surface area contributed by atoms with E-state index in [2.05, 4.69) is 10.3 Å². The van der Waals surface area contributed by atoms with Crippen LogP contribution in [0.4, 0.5) is 15.9 Å². The zero-order valence-corrected chi connectivity index (χ0v) is 10.1. The predicted octanol–water partition coefficient (Wildman–Crippen LogP) is 2.67. The highest BCUT2D eigenvalue weighted by Gasteiger charge is 2.08. The molecular weight excluding hydrogens is 251 g/mol. The van der Waals surface area contributed by atoms with Gasteiger partial charge in [0.05, 0.1) is 12.8 Å². The molecule has 0 amide bonds. The molecule has 0 atom stereocenters. The summed E-state index contributed by atoms with van der Waals surface area (Å²) in [5, 5.41) is 11.7. The third kappa shape index (κ3) is 2.98. The van der Waals surface area contributed by atoms with Crippen molar-refractivity contribution in [2.24, 2.45) is 0 Å². The van der Waals surface area contributed by atoms with Crippen LogP contribution >= 0.6 is 0 Å². The highest BCUT2D eigenvalue weighted by atomic mass is 19.1. The average molecular weight is 262 g/mol. The quantitative estimate of drug-likeness (QED) is 0.886. The van der Waals surface area contributed by atoms with E-state index in [-0.39, 0.29) is 5.69 Å². The van der Waals surface area contributed by atoms with Crippen LogP contribution in [0.15, 0.2) is 36.4 Å². The van der Waals surface area contributed by atoms with Crippen molar-refractivity contribution in [3.63, 3.8) is 0 Å². The third-order valence-electron chi connectivity index (χ3n) is 2.39. The molecule has 1 heterocycles. The number of hydrogen-bond donors (Lipinski definition) is 2. The largest absolute Gasteiger partial charge is 0.494 e. The number of carboxylic acid groups (broad SMARTS) is 1. The summed E-state index contributed by atoms with van der Waals surface area (Å²) in [6.45, 7) is 0. The fourth-order valence-electron chi connectivity index (χ4n) is 1.53. The topological polar surface area (TPSA) is 71.5 Å². The van der Waals surface area contributed by atoms with Gasteiger partial charge in [0.15, 0.2) is 5.69 Å². The van der Waals surface area contributed by atoms with Gasteiger partial charge in [-0.2, -0.15) is 0 Å². The minimum atomic E-state index is -1.12. The monoisotopic (exact) mass is 262 g/mol. The Morgan fingerprint density at radius 2 is 2.16 bits per heavy atom. The number of aromatic carboxylic acids is 1. The van der Waals surface area contributed by atoms with Gasteiger partial charge in [0, 0.05) is 6.07 Å². The number of pyridine rings is 1. The molecule has 0 aliphatic heterocycles. The molecule has 0 bridgehead atoms. The molecule has 0 fully saturated rings. The molecule has 2 aromatic rings. The Labute approximate surface area is 108 Å². The summed E-state index contributed by atoms with van der Waals surface area (Å²) in [5.41, 5.74) is 0.421. The smallest absolute Gasteiger partial charge is 0.354 e. The van der Waals surface area contributed by atoms with Gasteiger partial charge in [-0.05, 0) is 24.3 Å². The number of nitrogens with zero attached hydrogens (tertiary/aromatic N) is 1. The number of nitrogens with one attached hydrogen (secondary N) is 1. The molecule has 0 saturated heterocycles. The number of ether oxygens (including phenoxy) is 1. The van der Waals surface area contributed by atoms with E-state index in [1.807, 2.05) is 0 Å². The molecule has 0 aliphatic rings. The number of benzene rings is 1. The van der Waals surface area contributed by atoms with E-state index in [9.17, 15) is 9.18 Å². The number of aromatic nitrogens is 1. The fraction of sp³-hybridized carbons (Fsp3) is 0.0769. The molecule has 2 rings (SSSR count). The van der Waals surface area contributed by atoms with Crippen molar-refractivity contribution in [2.45, 2.75) is 0 Å². The minimum Gasteiger partial charge on any atom is -0.494 e. The van der Waals surface area contributed by atoms with Gasteiger partial charge in [-0.3, -0.25) is 0 Å². The van der Waals surface area contributed by atoms with E-state index < -0.39 is 11.8 Å². The minimum absolute atomic E-state index is 0.0777. The van der Waals surface area contributed by atoms with E-state index >= 15 is 0 Å². The second kappa shape index (κ2) is 5.34. The zero-order valence-electron chi connectivity index (χ0n) is 10.1. The van der Waals surface area contributed by atoms with Crippen LogP contribution in [0.2, 0.25) is 0 Å². The molecule has 98 valence electrons. The van der Waals surface area contributed by atoms with Gasteiger partial charge in [-0.15, -0.1) is 0 Å². The van der Waals surface area contributed by atoms with Crippen molar-refractivity contribution in [3.8, 4) is 5.75 Å². The molecule has 6 heteroatoms. The molecule has 19 heavy (non-hydrogen) atoms. The van der Waals surface area contributed by atoms with Crippen LogP contribution in [-0.4, -0.2) is 23.2 Å². The van der Waals surface area contributed by atoms with Crippen molar-refractivity contribution in [3.05, 3.63) is 47.9 Å². The first-order valence-corrected chi connectivity index (χ1v) is 5.41. The molecule has 5 nitrogen and oxygen atoms in total. The van der Waals surface area contributed by atoms with Crippen LogP contribution in [0.3, 0.4) is 0 Å². The summed E-state index contributed by atoms with van der Waals surface area (Å²) in [7, 11) is 1.42. The first kappa shape index (κ1) is 12.8. The summed E-state index contributed by atoms with van der Waals surface area (Å²) < 4.78 is 18.1. The second-order valence-corrected chi connectivity index (χ2v) is 3.68. The Kier molecular flexibility index (Phi) is 3.61. The van der Waals surface area contributed by atoms with Gasteiger partial charge in [-0.25, -0.2) is 14.2 Å². The summed E-state index contributed by atoms with van der Waals surface area (Å²) in [6, 6.07) is 8.54. The zero-order chi connectivity index (χ0) is 13.8. The number of carbonyl (C=O) groups is 1. The molecule has 0 spiro atoms. The molecular formula is C13H11FN2O3. The fourth-order valence-corrected chi connectivity index (χ4v) is 1.53. The SMILES string of the molecule is COc1cc(F)ccc1Nc1cccc(C(=O)O)n1. The van der Waals surface area contributed by atoms with Crippen LogP contribution in [0, 0.1) is 5.82 Å². The highest BCUT2D eigenvalue weighted by molar-refractivity contribution is 5.86. The van der Waals surface area contributed by atoms with Crippen LogP contribution in [0.25, 0.3) is 0 Å². The van der Waals surface area contributed by atoms with Crippen LogP contribution in [-0.2, 0) is 0 Å². The van der Waals surface area contributed by atoms with Crippen molar-refractivity contribution in [1.29, 1.82) is 0 Å². The summed E-state index contributed by atoms with van der Waals surface area (Å²) in [4.78, 5) is 14.7. The standard InChI is InChI=1S/C13H11FN2O3/c1-19-11-7-8(14)5-6-9(11)15-12-4-2-3-10(16-12)13(17)18/h2-7H,1H3,(H,15,16)(H,17,18). The Morgan fingerprint density at radius 3 is 2.84 bits per heavy atom. The van der Waals surface area contributed by atoms with E-state index in [4.69, 9.17) is 9.84 Å². The lowest BCUT2D eigenvalue weighted by atomic mass is 10.2. The highest BCUT2D eigenvalue weighted by Crippen LogP contribution is 2.27. The summed E-state index contributed by atoms with van der Waals surface area (Å²) in [5.74, 6) is -0.892. The third-order valence-corrected chi connectivity index (χ3v) is 2.39. The van der Waals surface area contributed by atoms with E-state index in [0.717, 1.165) is 0 Å². The Bertz CT molecular complexity index is 617. The van der Waals surface area contributed by atoms with Gasteiger partial charge in [0.25, 0.3) is 0 Å². The van der Waals surface area contributed by atoms with Gasteiger partial charge in [0.1, 0.15) is 17.4 Å². The maximum Gasteiger partial charge on any atom is 0.354 e. The molecule has 1 aromatic heterocycles. The molecule has 1 aromatic carbocycles. The van der Waals surface area contributed by atoms with Gasteiger partial charge < -0.3 is 15.2 Å². The van der Waals surface area contributed by atoms with Gasteiger partial charge in [0.2, 0.25) is 0 Å². The molecule has 0 saturated carbocycles. The number of rotatable bonds is 4. The van der Waals surface area contributed by atoms with Crippen molar-refractivity contribution in [2.75, 3.05) is 12.4 Å². The van der Waals surface area contributed by atoms with E-state index in [1.165, 1.54) is 31.4 Å². The normalized spacial score (nSPS) is 10.0. The van der Waals surface area contributed by atoms with E-state index in [1.54, 1.807) is 12.1 Å². The summed E-state index contributed by atoms with van der Waals surface area (Å²) >= 11 is 0. The lowest BCUT2D eigenvalue weighted by molar-refractivity contribution is 0.0690. The lowest BCUT2D eigenvalue weighted by Gasteiger charge is -2.10. The predicted molar refractivity (Wildman–Crippen MR) is 67.4 cm³/mol. The molecule has 0 unspecified atom stereocenters. The van der Waals surface area contributed by atoms with Gasteiger partial charge >= 0.3 is 5.97 Å². The molecule has 0 aliphatic carbocycles. The van der Waals surface area contributed by atoms with Crippen molar-refractivity contribution < 1.29 is 19.0 Å². The lowest BCUT2D eigenvalue weighted by Crippen LogP contribution is -2.03. The van der Waals surface area contributed by atoms with Gasteiger partial charge in [-0.1, -0.05) is 6.07 Å². The number of halogens is 1. The Balaban J connectivity index is 2.30. The Hall–Kier alpha value is -2.63. The average Bonchev–Trinajstić information content (AvgIpc) is 2.41. The van der Waals surface area contributed by atoms with E-state index in [0.29, 0.717) is 17.3 Å². The first-order chi connectivity index (χ1) is 9.10. The second-order valence-electron chi connectivity index (χ2n) is 3.68. The number of methoxy groups -OCH3 is 1. The first-order valence-electron chi connectivity index (χ1n) is 5.41. The number of anilines is 2. The maximum atomic E-state index is 13.0. The van der Waals surface area contributed by atoms with Crippen LogP contribution in [0.5, 0.6) is 5.75 Å². The molecule has 2 N–H and O–H groups in total. The van der Waals surface area contributed by atoms with Crippen LogP contribution in [0.1, 0.15) is 10.5 Å². The van der Waals surface area contributed by atoms with Crippen molar-refractivity contribution >= 4 is 17.5 Å². The van der Waals surface area contributed by atoms with Crippen LogP contribution < -0.4 is 10.1 Å². The number of carboxylic acids is 1.